The van der Waals surface area contributed by atoms with Gasteiger partial charge in [0, 0.05) is 6.08 Å². The van der Waals surface area contributed by atoms with Gasteiger partial charge in [-0.15, -0.1) is 5.10 Å². The number of hydrogen-bond acceptors (Lipinski definition) is 5. The first kappa shape index (κ1) is 15.8. The first-order valence-corrected chi connectivity index (χ1v) is 8.03. The molecule has 0 aliphatic carbocycles. The third kappa shape index (κ3) is 3.25. The molecule has 1 aliphatic rings. The second kappa shape index (κ2) is 6.67. The molecule has 130 valence electrons. The largest absolute Gasteiger partial charge is 0.465 e. The fraction of sp³-hybridized carbons (Fsp3) is 0.111. The van der Waals surface area contributed by atoms with E-state index in [4.69, 9.17) is 4.42 Å². The molecule has 26 heavy (non-hydrogen) atoms. The summed E-state index contributed by atoms with van der Waals surface area (Å²) in [5.74, 6) is 0.451. The fourth-order valence-corrected chi connectivity index (χ4v) is 2.75. The van der Waals surface area contributed by atoms with E-state index >= 15 is 0 Å². The number of aromatic nitrogens is 3. The van der Waals surface area contributed by atoms with Crippen LogP contribution in [0.15, 0.2) is 59.2 Å². The van der Waals surface area contributed by atoms with Crippen LogP contribution < -0.4 is 10.6 Å². The Labute approximate surface area is 148 Å². The minimum absolute atomic E-state index is 0.122. The molecule has 1 aromatic carbocycles. The van der Waals surface area contributed by atoms with Gasteiger partial charge in [0.1, 0.15) is 5.76 Å². The Hall–Kier alpha value is -3.68. The molecule has 4 rings (SSSR count). The first-order chi connectivity index (χ1) is 12.7. The van der Waals surface area contributed by atoms with Crippen molar-refractivity contribution in [1.29, 1.82) is 0 Å². The highest BCUT2D eigenvalue weighted by molar-refractivity contribution is 6.01. The van der Waals surface area contributed by atoms with E-state index in [1.165, 1.54) is 12.3 Å². The van der Waals surface area contributed by atoms with E-state index in [2.05, 4.69) is 20.7 Å². The van der Waals surface area contributed by atoms with E-state index in [0.29, 0.717) is 11.7 Å². The van der Waals surface area contributed by atoms with Crippen molar-refractivity contribution >= 4 is 29.8 Å². The van der Waals surface area contributed by atoms with Crippen LogP contribution in [0.2, 0.25) is 0 Å². The van der Waals surface area contributed by atoms with Crippen molar-refractivity contribution in [3.8, 4) is 0 Å². The molecule has 0 fully saturated rings. The van der Waals surface area contributed by atoms with Crippen LogP contribution in [0, 0.1) is 0 Å². The molecule has 0 saturated heterocycles. The zero-order valence-corrected chi connectivity index (χ0v) is 13.6. The average molecular weight is 349 g/mol. The number of nitrogens with one attached hydrogen (secondary N) is 2. The van der Waals surface area contributed by atoms with Gasteiger partial charge >= 0.3 is 0 Å². The van der Waals surface area contributed by atoms with Gasteiger partial charge in [-0.2, -0.15) is 4.98 Å². The van der Waals surface area contributed by atoms with Crippen molar-refractivity contribution in [1.82, 2.24) is 14.8 Å². The van der Waals surface area contributed by atoms with E-state index in [1.54, 1.807) is 22.9 Å². The maximum absolute atomic E-state index is 12.0. The van der Waals surface area contributed by atoms with Crippen LogP contribution in [0.4, 0.5) is 11.9 Å². The normalized spacial score (nSPS) is 16.3. The Morgan fingerprint density at radius 2 is 2.12 bits per heavy atom. The molecule has 2 aromatic heterocycles. The van der Waals surface area contributed by atoms with E-state index in [-0.39, 0.29) is 24.3 Å². The molecule has 0 saturated carbocycles. The zero-order valence-electron chi connectivity index (χ0n) is 13.6. The number of amides is 2. The molecule has 1 atom stereocenters. The summed E-state index contributed by atoms with van der Waals surface area (Å²) in [6.45, 7) is 0. The van der Waals surface area contributed by atoms with Gasteiger partial charge in [-0.05, 0) is 23.8 Å². The summed E-state index contributed by atoms with van der Waals surface area (Å²) in [6.07, 6.45) is 4.65. The standard InChI is InChI=1S/C18H15N5O3/c24-15(9-8-13-7-4-10-26-13)19-17-21-18-20-16(25)11-14(23(18)22-17)12-5-2-1-3-6-12/h1-10,14H,11H2,(H2,19,20,21,22,24,25). The second-order valence-electron chi connectivity index (χ2n) is 5.72. The molecule has 2 amide bonds. The predicted molar refractivity (Wildman–Crippen MR) is 94.2 cm³/mol. The topological polar surface area (TPSA) is 102 Å². The van der Waals surface area contributed by atoms with Gasteiger partial charge in [0.15, 0.2) is 0 Å². The van der Waals surface area contributed by atoms with Crippen LogP contribution in [0.5, 0.6) is 0 Å². The summed E-state index contributed by atoms with van der Waals surface area (Å²) in [6, 6.07) is 12.8. The monoisotopic (exact) mass is 349 g/mol. The second-order valence-corrected chi connectivity index (χ2v) is 5.72. The number of furan rings is 1. The van der Waals surface area contributed by atoms with Crippen molar-refractivity contribution in [2.75, 3.05) is 10.6 Å². The van der Waals surface area contributed by atoms with E-state index in [1.807, 2.05) is 30.3 Å². The van der Waals surface area contributed by atoms with Crippen LogP contribution in [-0.4, -0.2) is 26.6 Å². The summed E-state index contributed by atoms with van der Waals surface area (Å²) in [5.41, 5.74) is 0.948. The number of carbonyl (C=O) groups is 2. The number of rotatable bonds is 4. The van der Waals surface area contributed by atoms with Crippen molar-refractivity contribution in [2.45, 2.75) is 12.5 Å². The van der Waals surface area contributed by atoms with Crippen LogP contribution in [0.25, 0.3) is 6.08 Å². The predicted octanol–water partition coefficient (Wildman–Crippen LogP) is 2.45. The highest BCUT2D eigenvalue weighted by atomic mass is 16.3. The van der Waals surface area contributed by atoms with Gasteiger partial charge in [0.2, 0.25) is 11.9 Å². The molecule has 0 spiro atoms. The Morgan fingerprint density at radius 3 is 2.88 bits per heavy atom. The number of carbonyl (C=O) groups excluding carboxylic acids is 2. The molecular formula is C18H15N5O3. The molecule has 0 bridgehead atoms. The summed E-state index contributed by atoms with van der Waals surface area (Å²) in [4.78, 5) is 28.2. The van der Waals surface area contributed by atoms with Crippen LogP contribution in [-0.2, 0) is 9.59 Å². The molecular weight excluding hydrogens is 334 g/mol. The number of nitrogens with zero attached hydrogens (tertiary/aromatic N) is 3. The van der Waals surface area contributed by atoms with E-state index < -0.39 is 5.91 Å². The van der Waals surface area contributed by atoms with Crippen LogP contribution >= 0.6 is 0 Å². The lowest BCUT2D eigenvalue weighted by Gasteiger charge is -2.23. The quantitative estimate of drug-likeness (QED) is 0.705. The lowest BCUT2D eigenvalue weighted by Crippen LogP contribution is -2.29. The third-order valence-corrected chi connectivity index (χ3v) is 3.92. The Bertz CT molecular complexity index is 960. The maximum Gasteiger partial charge on any atom is 0.250 e. The molecule has 8 nitrogen and oxygen atoms in total. The smallest absolute Gasteiger partial charge is 0.250 e. The summed E-state index contributed by atoms with van der Waals surface area (Å²) in [5, 5.41) is 9.59. The fourth-order valence-electron chi connectivity index (χ4n) is 2.75. The molecule has 2 N–H and O–H groups in total. The number of benzene rings is 1. The van der Waals surface area contributed by atoms with Gasteiger partial charge in [-0.25, -0.2) is 4.68 Å². The molecule has 0 radical (unpaired) electrons. The molecule has 3 aromatic rings. The third-order valence-electron chi connectivity index (χ3n) is 3.92. The van der Waals surface area contributed by atoms with Crippen molar-refractivity contribution < 1.29 is 14.0 Å². The van der Waals surface area contributed by atoms with Crippen molar-refractivity contribution in [2.24, 2.45) is 0 Å². The molecule has 3 heterocycles. The first-order valence-electron chi connectivity index (χ1n) is 8.03. The van der Waals surface area contributed by atoms with Gasteiger partial charge in [-0.3, -0.25) is 20.2 Å². The maximum atomic E-state index is 12.0. The number of hydrogen-bond donors (Lipinski definition) is 2. The lowest BCUT2D eigenvalue weighted by atomic mass is 10.0. The Morgan fingerprint density at radius 1 is 1.27 bits per heavy atom. The van der Waals surface area contributed by atoms with Gasteiger partial charge in [0.05, 0.1) is 18.7 Å². The minimum atomic E-state index is -0.396. The molecule has 1 aliphatic heterocycles. The minimum Gasteiger partial charge on any atom is -0.465 e. The molecule has 8 heteroatoms. The summed E-state index contributed by atoms with van der Waals surface area (Å²) in [7, 11) is 0. The molecule has 1 unspecified atom stereocenters. The average Bonchev–Trinajstić information content (AvgIpc) is 3.29. The highest BCUT2D eigenvalue weighted by Crippen LogP contribution is 2.29. The SMILES string of the molecule is O=C(C=Cc1ccco1)Nc1nc2n(n1)C(c1ccccc1)CC(=O)N2. The highest BCUT2D eigenvalue weighted by Gasteiger charge is 2.29. The van der Waals surface area contributed by atoms with Crippen LogP contribution in [0.1, 0.15) is 23.8 Å². The van der Waals surface area contributed by atoms with Crippen molar-refractivity contribution in [3.63, 3.8) is 0 Å². The van der Waals surface area contributed by atoms with Gasteiger partial charge in [0.25, 0.3) is 11.9 Å². The number of fused-ring (bicyclic) bond motifs is 1. The van der Waals surface area contributed by atoms with Crippen molar-refractivity contribution in [3.05, 3.63) is 66.1 Å². The van der Waals surface area contributed by atoms with Gasteiger partial charge in [-0.1, -0.05) is 30.3 Å². The summed E-state index contributed by atoms with van der Waals surface area (Å²) >= 11 is 0. The van der Waals surface area contributed by atoms with Gasteiger partial charge < -0.3 is 4.42 Å². The lowest BCUT2D eigenvalue weighted by molar-refractivity contribution is -0.117. The Balaban J connectivity index is 1.55. The number of anilines is 2. The summed E-state index contributed by atoms with van der Waals surface area (Å²) < 4.78 is 6.74. The van der Waals surface area contributed by atoms with E-state index in [0.717, 1.165) is 5.56 Å². The zero-order chi connectivity index (χ0) is 17.9. The Kier molecular flexibility index (Phi) is 4.06. The van der Waals surface area contributed by atoms with Crippen LogP contribution in [0.3, 0.4) is 0 Å². The van der Waals surface area contributed by atoms with E-state index in [9.17, 15) is 9.59 Å².